The second-order valence-electron chi connectivity index (χ2n) is 8.49. The van der Waals surface area contributed by atoms with Gasteiger partial charge >= 0.3 is 0 Å². The summed E-state index contributed by atoms with van der Waals surface area (Å²) >= 11 is 0. The second kappa shape index (κ2) is 12.0. The first-order valence-corrected chi connectivity index (χ1v) is 11.1. The number of nitrogens with one attached hydrogen (secondary N) is 1. The van der Waals surface area contributed by atoms with Crippen molar-refractivity contribution in [2.75, 3.05) is 73.2 Å². The fraction of sp³-hybridized carbons (Fsp3) is 0.952. The number of amides is 1. The first-order chi connectivity index (χ1) is 15.4. The van der Waals surface area contributed by atoms with Gasteiger partial charge in [0.2, 0.25) is 5.91 Å². The number of methoxy groups -OCH3 is 1. The minimum atomic E-state index is -0.788. The molecule has 1 amide bonds. The molecular weight excluding hydrogens is 426 g/mol. The van der Waals surface area contributed by atoms with Crippen molar-refractivity contribution in [1.29, 1.82) is 0 Å². The second-order valence-corrected chi connectivity index (χ2v) is 8.49. The molecule has 11 nitrogen and oxygen atoms in total. The first kappa shape index (κ1) is 25.7. The van der Waals surface area contributed by atoms with Gasteiger partial charge < -0.3 is 47.9 Å². The predicted octanol–water partition coefficient (Wildman–Crippen LogP) is -0.151. The van der Waals surface area contributed by atoms with Crippen molar-refractivity contribution in [2.24, 2.45) is 0 Å². The molecule has 0 spiro atoms. The van der Waals surface area contributed by atoms with E-state index >= 15 is 0 Å². The predicted molar refractivity (Wildman–Crippen MR) is 110 cm³/mol. The lowest BCUT2D eigenvalue weighted by Crippen LogP contribution is -2.65. The van der Waals surface area contributed by atoms with Gasteiger partial charge in [0.25, 0.3) is 0 Å². The average molecular weight is 464 g/mol. The van der Waals surface area contributed by atoms with Crippen LogP contribution in [0.2, 0.25) is 0 Å². The van der Waals surface area contributed by atoms with Crippen molar-refractivity contribution < 1.29 is 47.4 Å². The lowest BCUT2D eigenvalue weighted by Gasteiger charge is -2.42. The average Bonchev–Trinajstić information content (AvgIpc) is 3.29. The summed E-state index contributed by atoms with van der Waals surface area (Å²) in [6, 6.07) is -0.441. The highest BCUT2D eigenvalue weighted by Crippen LogP contribution is 2.46. The van der Waals surface area contributed by atoms with Crippen LogP contribution in [0.5, 0.6) is 0 Å². The zero-order chi connectivity index (χ0) is 23.0. The van der Waals surface area contributed by atoms with Crippen molar-refractivity contribution >= 4 is 5.91 Å². The Morgan fingerprint density at radius 1 is 0.906 bits per heavy atom. The van der Waals surface area contributed by atoms with Crippen molar-refractivity contribution in [1.82, 2.24) is 5.32 Å². The summed E-state index contributed by atoms with van der Waals surface area (Å²) in [7, 11) is 1.64. The Morgan fingerprint density at radius 2 is 1.50 bits per heavy atom. The molecule has 3 aliphatic rings. The number of rotatable bonds is 15. The summed E-state index contributed by atoms with van der Waals surface area (Å²) in [4.78, 5) is 11.6. The van der Waals surface area contributed by atoms with Crippen LogP contribution < -0.4 is 5.32 Å². The maximum Gasteiger partial charge on any atom is 0.217 e. The van der Waals surface area contributed by atoms with Crippen LogP contribution in [0.4, 0.5) is 0 Å². The minimum absolute atomic E-state index is 0.176. The van der Waals surface area contributed by atoms with Gasteiger partial charge in [-0.15, -0.1) is 0 Å². The maximum absolute atomic E-state index is 11.6. The van der Waals surface area contributed by atoms with Gasteiger partial charge in [0.05, 0.1) is 66.1 Å². The van der Waals surface area contributed by atoms with Crippen molar-refractivity contribution in [3.63, 3.8) is 0 Å². The molecule has 32 heavy (non-hydrogen) atoms. The van der Waals surface area contributed by atoms with Crippen LogP contribution in [0.25, 0.3) is 0 Å². The minimum Gasteiger partial charge on any atom is -0.382 e. The third-order valence-corrected chi connectivity index (χ3v) is 5.40. The fourth-order valence-electron chi connectivity index (χ4n) is 4.05. The fourth-order valence-corrected chi connectivity index (χ4v) is 4.05. The summed E-state index contributed by atoms with van der Waals surface area (Å²) < 4.78 is 51.2. The van der Waals surface area contributed by atoms with Crippen LogP contribution in [-0.4, -0.2) is 115 Å². The lowest BCUT2D eigenvalue weighted by molar-refractivity contribution is -0.214. The molecule has 3 rings (SSSR count). The molecule has 1 N–H and O–H groups in total. The normalized spacial score (nSPS) is 32.8. The third kappa shape index (κ3) is 6.81. The van der Waals surface area contributed by atoms with Gasteiger partial charge in [0.15, 0.2) is 12.1 Å². The van der Waals surface area contributed by atoms with Crippen LogP contribution in [-0.2, 0) is 47.4 Å². The summed E-state index contributed by atoms with van der Waals surface area (Å²) in [5.74, 6) is -0.963. The Balaban J connectivity index is 1.34. The van der Waals surface area contributed by atoms with Gasteiger partial charge in [-0.3, -0.25) is 4.79 Å². The molecule has 3 heterocycles. The quantitative estimate of drug-likeness (QED) is 0.329. The number of fused-ring (bicyclic) bond motifs is 4. The summed E-state index contributed by atoms with van der Waals surface area (Å²) in [6.07, 6.45) is -1.41. The van der Waals surface area contributed by atoms with Crippen LogP contribution in [0.3, 0.4) is 0 Å². The Labute approximate surface area is 189 Å². The SMILES string of the molecule is COCCOCCOCCOCCOC[C@@]12CO[C@@H](O1)[C@H](NC(C)=O)[C@H]1OC(C)(C)O[C@H]12. The molecule has 186 valence electrons. The molecule has 0 saturated carbocycles. The molecule has 3 fully saturated rings. The zero-order valence-corrected chi connectivity index (χ0v) is 19.5. The molecule has 0 aromatic heterocycles. The number of hydrogen-bond acceptors (Lipinski definition) is 10. The molecule has 3 saturated heterocycles. The largest absolute Gasteiger partial charge is 0.382 e. The number of ether oxygens (including phenoxy) is 9. The van der Waals surface area contributed by atoms with Gasteiger partial charge in [-0.25, -0.2) is 0 Å². The van der Waals surface area contributed by atoms with Gasteiger partial charge in [0, 0.05) is 14.0 Å². The van der Waals surface area contributed by atoms with E-state index < -0.39 is 29.8 Å². The molecule has 2 bridgehead atoms. The highest BCUT2D eigenvalue weighted by molar-refractivity contribution is 5.73. The van der Waals surface area contributed by atoms with E-state index in [0.29, 0.717) is 59.5 Å². The zero-order valence-electron chi connectivity index (χ0n) is 19.5. The molecule has 11 heteroatoms. The van der Waals surface area contributed by atoms with E-state index in [1.54, 1.807) is 7.11 Å². The number of carbonyl (C=O) groups is 1. The van der Waals surface area contributed by atoms with E-state index in [2.05, 4.69) is 5.32 Å². The van der Waals surface area contributed by atoms with E-state index in [4.69, 9.17) is 42.6 Å². The van der Waals surface area contributed by atoms with Crippen molar-refractivity contribution in [3.05, 3.63) is 0 Å². The van der Waals surface area contributed by atoms with Gasteiger partial charge in [0.1, 0.15) is 23.9 Å². The molecule has 0 aliphatic carbocycles. The molecule has 5 atom stereocenters. The van der Waals surface area contributed by atoms with Gasteiger partial charge in [-0.1, -0.05) is 0 Å². The summed E-state index contributed by atoms with van der Waals surface area (Å²) in [5.41, 5.74) is -0.788. The molecule has 0 unspecified atom stereocenters. The van der Waals surface area contributed by atoms with E-state index in [1.165, 1.54) is 6.92 Å². The summed E-state index contributed by atoms with van der Waals surface area (Å²) in [6.45, 7) is 9.71. The summed E-state index contributed by atoms with van der Waals surface area (Å²) in [5, 5.41) is 2.87. The number of hydrogen-bond donors (Lipinski definition) is 1. The molecule has 0 radical (unpaired) electrons. The Kier molecular flexibility index (Phi) is 9.65. The Hall–Kier alpha value is -0.890. The first-order valence-electron chi connectivity index (χ1n) is 11.1. The van der Waals surface area contributed by atoms with Crippen LogP contribution in [0.15, 0.2) is 0 Å². The third-order valence-electron chi connectivity index (χ3n) is 5.40. The maximum atomic E-state index is 11.6. The van der Waals surface area contributed by atoms with Crippen LogP contribution in [0, 0.1) is 0 Å². The smallest absolute Gasteiger partial charge is 0.217 e. The van der Waals surface area contributed by atoms with Crippen LogP contribution >= 0.6 is 0 Å². The highest BCUT2D eigenvalue weighted by Gasteiger charge is 2.66. The van der Waals surface area contributed by atoms with Crippen molar-refractivity contribution in [3.8, 4) is 0 Å². The monoisotopic (exact) mass is 463 g/mol. The van der Waals surface area contributed by atoms with E-state index in [1.807, 2.05) is 13.8 Å². The molecular formula is C21H37NO10. The van der Waals surface area contributed by atoms with E-state index in [9.17, 15) is 4.79 Å². The molecule has 3 aliphatic heterocycles. The van der Waals surface area contributed by atoms with Gasteiger partial charge in [-0.05, 0) is 13.8 Å². The van der Waals surface area contributed by atoms with E-state index in [0.717, 1.165) is 0 Å². The molecule has 0 aromatic carbocycles. The Morgan fingerprint density at radius 3 is 2.09 bits per heavy atom. The van der Waals surface area contributed by atoms with Crippen LogP contribution in [0.1, 0.15) is 20.8 Å². The lowest BCUT2D eigenvalue weighted by atomic mass is 9.88. The molecule has 0 aromatic rings. The number of carbonyl (C=O) groups excluding carboxylic acids is 1. The van der Waals surface area contributed by atoms with E-state index in [-0.39, 0.29) is 18.6 Å². The topological polar surface area (TPSA) is 112 Å². The van der Waals surface area contributed by atoms with Crippen molar-refractivity contribution in [2.45, 2.75) is 56.7 Å². The highest BCUT2D eigenvalue weighted by atomic mass is 16.8. The standard InChI is InChI=1S/C21H37NO10/c1-15(23)22-16-17-18(31-20(2,3)30-17)21(14-29-19(16)32-21)13-28-12-11-27-10-9-26-8-7-25-6-5-24-4/h16-19H,5-14H2,1-4H3,(H,22,23)/t16-,17-,18-,19+,21+/m1/s1. The van der Waals surface area contributed by atoms with Gasteiger partial charge in [-0.2, -0.15) is 0 Å². The Bertz CT molecular complexity index is 591.